The third-order valence-electron chi connectivity index (χ3n) is 1.47. The van der Waals surface area contributed by atoms with Gasteiger partial charge < -0.3 is 5.32 Å². The number of nitrogens with zero attached hydrogens (tertiary/aromatic N) is 2. The Hall–Kier alpha value is -0.830. The van der Waals surface area contributed by atoms with E-state index in [0.717, 1.165) is 18.8 Å². The maximum absolute atomic E-state index is 5.57. The minimum Gasteiger partial charge on any atom is -0.369 e. The van der Waals surface area contributed by atoms with Crippen molar-refractivity contribution >= 4 is 17.4 Å². The van der Waals surface area contributed by atoms with Crippen molar-refractivity contribution in [3.8, 4) is 0 Å². The Balaban J connectivity index is 2.37. The van der Waals surface area contributed by atoms with Crippen molar-refractivity contribution in [3.05, 3.63) is 17.3 Å². The number of halogens is 1. The summed E-state index contributed by atoms with van der Waals surface area (Å²) in [6.45, 7) is 3.09. The molecule has 0 aliphatic rings. The molecule has 4 heteroatoms. The molecule has 0 saturated carbocycles. The quantitative estimate of drug-likeness (QED) is 0.732. The minimum atomic E-state index is 0.427. The molecule has 0 unspecified atom stereocenters. The summed E-state index contributed by atoms with van der Waals surface area (Å²) in [5, 5.41) is 11.1. The van der Waals surface area contributed by atoms with Gasteiger partial charge in [-0.1, -0.05) is 24.9 Å². The molecule has 0 spiro atoms. The van der Waals surface area contributed by atoms with E-state index >= 15 is 0 Å². The Bertz CT molecular complexity index is 222. The highest BCUT2D eigenvalue weighted by atomic mass is 35.5. The van der Waals surface area contributed by atoms with E-state index in [2.05, 4.69) is 22.4 Å². The largest absolute Gasteiger partial charge is 0.369 e. The normalized spacial score (nSPS) is 9.83. The van der Waals surface area contributed by atoms with Crippen molar-refractivity contribution < 1.29 is 0 Å². The summed E-state index contributed by atoms with van der Waals surface area (Å²) in [5.41, 5.74) is 0. The van der Waals surface area contributed by atoms with Crippen molar-refractivity contribution in [2.24, 2.45) is 0 Å². The van der Waals surface area contributed by atoms with Crippen LogP contribution >= 0.6 is 11.6 Å². The predicted octanol–water partition coefficient (Wildman–Crippen LogP) is 2.34. The first-order valence-corrected chi connectivity index (χ1v) is 4.44. The van der Waals surface area contributed by atoms with Gasteiger partial charge in [0, 0.05) is 6.54 Å². The average molecular weight is 186 g/mol. The Morgan fingerprint density at radius 3 is 2.83 bits per heavy atom. The van der Waals surface area contributed by atoms with E-state index < -0.39 is 0 Å². The molecule has 0 aliphatic carbocycles. The molecule has 0 aromatic carbocycles. The molecular formula is C8H12ClN3. The van der Waals surface area contributed by atoms with Crippen molar-refractivity contribution in [2.75, 3.05) is 11.9 Å². The summed E-state index contributed by atoms with van der Waals surface area (Å²) in [7, 11) is 0. The Morgan fingerprint density at radius 1 is 1.42 bits per heavy atom. The molecule has 1 rings (SSSR count). The molecule has 0 fully saturated rings. The Kier molecular flexibility index (Phi) is 3.80. The van der Waals surface area contributed by atoms with Crippen molar-refractivity contribution in [1.29, 1.82) is 0 Å². The van der Waals surface area contributed by atoms with Crippen LogP contribution in [0.25, 0.3) is 0 Å². The Labute approximate surface area is 77.2 Å². The van der Waals surface area contributed by atoms with E-state index in [0.29, 0.717) is 5.15 Å². The summed E-state index contributed by atoms with van der Waals surface area (Å²) in [6.07, 6.45) is 2.32. The summed E-state index contributed by atoms with van der Waals surface area (Å²) in [4.78, 5) is 0. The van der Waals surface area contributed by atoms with Gasteiger partial charge in [0.05, 0.1) is 0 Å². The van der Waals surface area contributed by atoms with Gasteiger partial charge in [0.2, 0.25) is 0 Å². The van der Waals surface area contributed by atoms with Gasteiger partial charge in [0.25, 0.3) is 0 Å². The maximum Gasteiger partial charge on any atom is 0.151 e. The molecule has 66 valence electrons. The molecule has 1 heterocycles. The summed E-state index contributed by atoms with van der Waals surface area (Å²) in [6, 6.07) is 3.55. The second kappa shape index (κ2) is 4.93. The molecule has 0 saturated heterocycles. The third-order valence-corrected chi connectivity index (χ3v) is 1.67. The molecular weight excluding hydrogens is 174 g/mol. The number of unbranched alkanes of at least 4 members (excludes halogenated alkanes) is 1. The first-order valence-electron chi connectivity index (χ1n) is 4.06. The zero-order chi connectivity index (χ0) is 8.81. The zero-order valence-corrected chi connectivity index (χ0v) is 7.80. The zero-order valence-electron chi connectivity index (χ0n) is 7.05. The molecule has 1 aromatic heterocycles. The van der Waals surface area contributed by atoms with Gasteiger partial charge in [0.1, 0.15) is 5.82 Å². The number of rotatable bonds is 4. The highest BCUT2D eigenvalue weighted by molar-refractivity contribution is 6.29. The molecule has 0 atom stereocenters. The molecule has 0 amide bonds. The van der Waals surface area contributed by atoms with Crippen LogP contribution in [0.4, 0.5) is 5.82 Å². The van der Waals surface area contributed by atoms with E-state index in [9.17, 15) is 0 Å². The molecule has 12 heavy (non-hydrogen) atoms. The fraction of sp³-hybridized carbons (Fsp3) is 0.500. The van der Waals surface area contributed by atoms with Crippen LogP contribution in [-0.2, 0) is 0 Å². The van der Waals surface area contributed by atoms with Crippen LogP contribution in [0.3, 0.4) is 0 Å². The molecule has 0 aliphatic heterocycles. The van der Waals surface area contributed by atoms with E-state index in [4.69, 9.17) is 11.6 Å². The first kappa shape index (κ1) is 9.26. The van der Waals surface area contributed by atoms with Crippen molar-refractivity contribution in [2.45, 2.75) is 19.8 Å². The lowest BCUT2D eigenvalue weighted by Gasteiger charge is -2.01. The standard InChI is InChI=1S/C8H12ClN3/c1-2-3-6-10-8-5-4-7(9)11-12-8/h4-5H,2-3,6H2,1H3,(H,10,12). The SMILES string of the molecule is CCCCNc1ccc(Cl)nn1. The lowest BCUT2D eigenvalue weighted by molar-refractivity contribution is 0.827. The number of anilines is 1. The van der Waals surface area contributed by atoms with Gasteiger partial charge in [-0.15, -0.1) is 10.2 Å². The second-order valence-corrected chi connectivity index (χ2v) is 2.91. The average Bonchev–Trinajstić information content (AvgIpc) is 2.09. The van der Waals surface area contributed by atoms with Crippen LogP contribution in [0.1, 0.15) is 19.8 Å². The lowest BCUT2D eigenvalue weighted by Crippen LogP contribution is -2.03. The van der Waals surface area contributed by atoms with Crippen LogP contribution in [0, 0.1) is 0 Å². The minimum absolute atomic E-state index is 0.427. The number of hydrogen-bond acceptors (Lipinski definition) is 3. The van der Waals surface area contributed by atoms with Gasteiger partial charge in [-0.3, -0.25) is 0 Å². The fourth-order valence-electron chi connectivity index (χ4n) is 0.804. The van der Waals surface area contributed by atoms with Gasteiger partial charge in [-0.05, 0) is 18.6 Å². The van der Waals surface area contributed by atoms with Gasteiger partial charge in [0.15, 0.2) is 5.15 Å². The number of aromatic nitrogens is 2. The summed E-state index contributed by atoms with van der Waals surface area (Å²) < 4.78 is 0. The monoisotopic (exact) mass is 185 g/mol. The highest BCUT2D eigenvalue weighted by Crippen LogP contribution is 2.05. The topological polar surface area (TPSA) is 37.8 Å². The Morgan fingerprint density at radius 2 is 2.25 bits per heavy atom. The number of nitrogens with one attached hydrogen (secondary N) is 1. The molecule has 1 aromatic rings. The van der Waals surface area contributed by atoms with Crippen molar-refractivity contribution in [1.82, 2.24) is 10.2 Å². The molecule has 1 N–H and O–H groups in total. The van der Waals surface area contributed by atoms with E-state index in [-0.39, 0.29) is 0 Å². The van der Waals surface area contributed by atoms with Crippen LogP contribution in [0.2, 0.25) is 5.15 Å². The summed E-state index contributed by atoms with van der Waals surface area (Å²) >= 11 is 5.57. The van der Waals surface area contributed by atoms with E-state index in [1.54, 1.807) is 6.07 Å². The second-order valence-electron chi connectivity index (χ2n) is 2.52. The van der Waals surface area contributed by atoms with Crippen LogP contribution in [0.5, 0.6) is 0 Å². The molecule has 0 radical (unpaired) electrons. The number of hydrogen-bond donors (Lipinski definition) is 1. The fourth-order valence-corrected chi connectivity index (χ4v) is 0.904. The lowest BCUT2D eigenvalue weighted by atomic mass is 10.3. The van der Waals surface area contributed by atoms with Crippen LogP contribution in [0.15, 0.2) is 12.1 Å². The predicted molar refractivity (Wildman–Crippen MR) is 50.4 cm³/mol. The van der Waals surface area contributed by atoms with Gasteiger partial charge >= 0.3 is 0 Å². The first-order chi connectivity index (χ1) is 5.83. The summed E-state index contributed by atoms with van der Waals surface area (Å²) in [5.74, 6) is 0.785. The highest BCUT2D eigenvalue weighted by Gasteiger charge is 1.92. The third kappa shape index (κ3) is 3.05. The van der Waals surface area contributed by atoms with Gasteiger partial charge in [-0.25, -0.2) is 0 Å². The molecule has 0 bridgehead atoms. The van der Waals surface area contributed by atoms with E-state index in [1.807, 2.05) is 6.07 Å². The van der Waals surface area contributed by atoms with Gasteiger partial charge in [-0.2, -0.15) is 0 Å². The van der Waals surface area contributed by atoms with Crippen molar-refractivity contribution in [3.63, 3.8) is 0 Å². The van der Waals surface area contributed by atoms with Crippen LogP contribution < -0.4 is 5.32 Å². The smallest absolute Gasteiger partial charge is 0.151 e. The van der Waals surface area contributed by atoms with E-state index in [1.165, 1.54) is 6.42 Å². The maximum atomic E-state index is 5.57. The van der Waals surface area contributed by atoms with Crippen LogP contribution in [-0.4, -0.2) is 16.7 Å². The molecule has 3 nitrogen and oxygen atoms in total.